The molecule has 0 unspecified atom stereocenters. The lowest BCUT2D eigenvalue weighted by molar-refractivity contribution is -0.118. The summed E-state index contributed by atoms with van der Waals surface area (Å²) in [7, 11) is 0. The number of carbonyl (C=O) groups excluding carboxylic acids is 1. The van der Waals surface area contributed by atoms with Crippen molar-refractivity contribution in [1.29, 1.82) is 0 Å². The Kier molecular flexibility index (Phi) is 4.38. The summed E-state index contributed by atoms with van der Waals surface area (Å²) >= 11 is 4.06. The van der Waals surface area contributed by atoms with Crippen LogP contribution in [0.3, 0.4) is 0 Å². The molecule has 0 aliphatic rings. The predicted octanol–water partition coefficient (Wildman–Crippen LogP) is 1.64. The predicted molar refractivity (Wildman–Crippen MR) is 50.2 cm³/mol. The molecule has 0 aliphatic carbocycles. The van der Waals surface area contributed by atoms with Crippen LogP contribution in [0.15, 0.2) is 35.9 Å². The van der Waals surface area contributed by atoms with Crippen molar-refractivity contribution in [2.24, 2.45) is 0 Å². The van der Waals surface area contributed by atoms with E-state index in [1.807, 2.05) is 0 Å². The zero-order valence-electron chi connectivity index (χ0n) is 6.42. The first-order valence-electron chi connectivity index (χ1n) is 3.07. The molecule has 0 saturated carbocycles. The highest BCUT2D eigenvalue weighted by atomic mass is 32.1. The van der Waals surface area contributed by atoms with E-state index in [-0.39, 0.29) is 5.91 Å². The molecule has 0 saturated heterocycles. The second-order valence-corrected chi connectivity index (χ2v) is 2.37. The van der Waals surface area contributed by atoms with Gasteiger partial charge in [-0.05, 0) is 6.08 Å². The third-order valence-electron chi connectivity index (χ3n) is 0.984. The highest BCUT2D eigenvalue weighted by Crippen LogP contribution is 2.07. The Hall–Kier alpha value is -0.960. The summed E-state index contributed by atoms with van der Waals surface area (Å²) in [6.07, 6.45) is 3.06. The van der Waals surface area contributed by atoms with Crippen molar-refractivity contribution in [3.63, 3.8) is 0 Å². The molecule has 60 valence electrons. The van der Waals surface area contributed by atoms with E-state index in [1.54, 1.807) is 0 Å². The monoisotopic (exact) mass is 169 g/mol. The molecule has 11 heavy (non-hydrogen) atoms. The number of hydrogen-bond donors (Lipinski definition) is 2. The maximum Gasteiger partial charge on any atom is 0.221 e. The second kappa shape index (κ2) is 4.79. The molecule has 0 fully saturated rings. The molecule has 0 aromatic heterocycles. The summed E-state index contributed by atoms with van der Waals surface area (Å²) in [5, 5.41) is 2.56. The fraction of sp³-hybridized carbons (Fsp3) is 0.125. The van der Waals surface area contributed by atoms with E-state index < -0.39 is 0 Å². The van der Waals surface area contributed by atoms with Crippen molar-refractivity contribution in [3.05, 3.63) is 35.9 Å². The Morgan fingerprint density at radius 2 is 2.00 bits per heavy atom. The first-order valence-corrected chi connectivity index (χ1v) is 3.52. The van der Waals surface area contributed by atoms with Crippen LogP contribution >= 0.6 is 12.6 Å². The summed E-state index contributed by atoms with van der Waals surface area (Å²) < 4.78 is 0. The topological polar surface area (TPSA) is 29.1 Å². The third kappa shape index (κ3) is 3.68. The molecule has 0 aromatic carbocycles. The number of carbonyl (C=O) groups is 1. The van der Waals surface area contributed by atoms with Gasteiger partial charge in [-0.15, -0.1) is 12.6 Å². The van der Waals surface area contributed by atoms with Gasteiger partial charge in [-0.2, -0.15) is 0 Å². The molecule has 0 rings (SSSR count). The highest BCUT2D eigenvalue weighted by molar-refractivity contribution is 7.84. The lowest BCUT2D eigenvalue weighted by atomic mass is 10.3. The number of nitrogens with one attached hydrogen (secondary N) is 1. The first-order chi connectivity index (χ1) is 5.11. The molecule has 0 bridgehead atoms. The van der Waals surface area contributed by atoms with Gasteiger partial charge in [-0.3, -0.25) is 4.79 Å². The van der Waals surface area contributed by atoms with Crippen molar-refractivity contribution in [1.82, 2.24) is 5.32 Å². The fourth-order valence-corrected chi connectivity index (χ4v) is 0.666. The normalized spacial score (nSPS) is 11.5. The Morgan fingerprint density at radius 1 is 1.45 bits per heavy atom. The summed E-state index contributed by atoms with van der Waals surface area (Å²) in [5.74, 6) is -0.145. The molecule has 3 heteroatoms. The smallest absolute Gasteiger partial charge is 0.221 e. The van der Waals surface area contributed by atoms with Crippen LogP contribution in [0, 0.1) is 0 Å². The molecular formula is C8H11NOS. The van der Waals surface area contributed by atoms with E-state index in [1.165, 1.54) is 19.1 Å². The van der Waals surface area contributed by atoms with Crippen LogP contribution in [0.25, 0.3) is 0 Å². The van der Waals surface area contributed by atoms with Crippen LogP contribution in [0.5, 0.6) is 0 Å². The lowest BCUT2D eigenvalue weighted by Gasteiger charge is -2.03. The van der Waals surface area contributed by atoms with Crippen molar-refractivity contribution in [2.45, 2.75) is 6.92 Å². The Morgan fingerprint density at radius 3 is 2.27 bits per heavy atom. The Labute approximate surface area is 72.1 Å². The molecule has 1 amide bonds. The van der Waals surface area contributed by atoms with Crippen molar-refractivity contribution < 1.29 is 4.79 Å². The number of rotatable bonds is 3. The summed E-state index contributed by atoms with van der Waals surface area (Å²) in [6.45, 7) is 8.44. The zero-order chi connectivity index (χ0) is 8.85. The van der Waals surface area contributed by atoms with E-state index in [0.29, 0.717) is 10.6 Å². The van der Waals surface area contributed by atoms with E-state index >= 15 is 0 Å². The van der Waals surface area contributed by atoms with Gasteiger partial charge in [0.1, 0.15) is 0 Å². The molecule has 0 aliphatic heterocycles. The average molecular weight is 169 g/mol. The summed E-state index contributed by atoms with van der Waals surface area (Å²) in [6, 6.07) is 0. The van der Waals surface area contributed by atoms with Crippen LogP contribution in [-0.2, 0) is 4.79 Å². The molecular weight excluding hydrogens is 158 g/mol. The minimum absolute atomic E-state index is 0.145. The first kappa shape index (κ1) is 10.0. The number of hydrogen-bond acceptors (Lipinski definition) is 2. The van der Waals surface area contributed by atoms with E-state index in [9.17, 15) is 4.79 Å². The van der Waals surface area contributed by atoms with Gasteiger partial charge in [-0.25, -0.2) is 0 Å². The molecule has 0 atom stereocenters. The molecule has 1 N–H and O–H groups in total. The van der Waals surface area contributed by atoms with Crippen molar-refractivity contribution in [2.75, 3.05) is 0 Å². The molecule has 0 radical (unpaired) electrons. The zero-order valence-corrected chi connectivity index (χ0v) is 7.32. The Bertz CT molecular complexity index is 218. The molecule has 0 heterocycles. The second-order valence-electron chi connectivity index (χ2n) is 1.89. The number of thiol groups is 1. The van der Waals surface area contributed by atoms with Crippen molar-refractivity contribution >= 4 is 18.5 Å². The van der Waals surface area contributed by atoms with Gasteiger partial charge in [0.15, 0.2) is 0 Å². The third-order valence-corrected chi connectivity index (χ3v) is 1.41. The molecule has 0 spiro atoms. The van der Waals surface area contributed by atoms with Gasteiger partial charge in [0.05, 0.1) is 5.70 Å². The minimum Gasteiger partial charge on any atom is -0.325 e. The maximum absolute atomic E-state index is 10.6. The number of amides is 1. The molecule has 0 aromatic rings. The van der Waals surface area contributed by atoms with Gasteiger partial charge in [0.25, 0.3) is 0 Å². The largest absolute Gasteiger partial charge is 0.325 e. The van der Waals surface area contributed by atoms with Gasteiger partial charge >= 0.3 is 0 Å². The van der Waals surface area contributed by atoms with Gasteiger partial charge in [0.2, 0.25) is 5.91 Å². The lowest BCUT2D eigenvalue weighted by Crippen LogP contribution is -2.18. The summed E-state index contributed by atoms with van der Waals surface area (Å²) in [5.41, 5.74) is 0.579. The van der Waals surface area contributed by atoms with Crippen LogP contribution in [0.4, 0.5) is 0 Å². The number of allylic oxidation sites excluding steroid dienone is 2. The fourth-order valence-electron chi connectivity index (χ4n) is 0.519. The SMILES string of the molecule is C=C/C(S)=C(\C=C)NC(C)=O. The average Bonchev–Trinajstić information content (AvgIpc) is 1.98. The van der Waals surface area contributed by atoms with Gasteiger partial charge < -0.3 is 5.32 Å². The standard InChI is InChI=1S/C8H11NOS/c1-4-7(8(11)5-2)9-6(3)10/h4-5,11H,1-2H2,3H3,(H,9,10)/b8-7-. The van der Waals surface area contributed by atoms with Crippen molar-refractivity contribution in [3.8, 4) is 0 Å². The van der Waals surface area contributed by atoms with Crippen LogP contribution in [0.1, 0.15) is 6.92 Å². The van der Waals surface area contributed by atoms with E-state index in [0.717, 1.165) is 0 Å². The molecule has 2 nitrogen and oxygen atoms in total. The minimum atomic E-state index is -0.145. The van der Waals surface area contributed by atoms with Crippen LogP contribution < -0.4 is 5.32 Å². The van der Waals surface area contributed by atoms with Gasteiger partial charge in [-0.1, -0.05) is 19.2 Å². The van der Waals surface area contributed by atoms with E-state index in [4.69, 9.17) is 0 Å². The van der Waals surface area contributed by atoms with Crippen LogP contribution in [-0.4, -0.2) is 5.91 Å². The van der Waals surface area contributed by atoms with Crippen LogP contribution in [0.2, 0.25) is 0 Å². The van der Waals surface area contributed by atoms with E-state index in [2.05, 4.69) is 31.1 Å². The summed E-state index contributed by atoms with van der Waals surface area (Å²) in [4.78, 5) is 11.2. The quantitative estimate of drug-likeness (QED) is 0.488. The highest BCUT2D eigenvalue weighted by Gasteiger charge is 1.97. The van der Waals surface area contributed by atoms with Gasteiger partial charge in [0, 0.05) is 11.8 Å². The Balaban J connectivity index is 4.51. The maximum atomic E-state index is 10.6.